The Bertz CT molecular complexity index is 474. The lowest BCUT2D eigenvalue weighted by molar-refractivity contribution is 0.0957. The summed E-state index contributed by atoms with van der Waals surface area (Å²) in [6.45, 7) is 6.05. The Morgan fingerprint density at radius 2 is 1.37 bits per heavy atom. The molecule has 0 saturated heterocycles. The van der Waals surface area contributed by atoms with Gasteiger partial charge >= 0.3 is 0 Å². The van der Waals surface area contributed by atoms with Crippen LogP contribution in [0.1, 0.15) is 49.0 Å². The number of hydrogen-bond donors (Lipinski definition) is 0. The molecule has 0 N–H and O–H groups in total. The highest BCUT2D eigenvalue weighted by Gasteiger charge is 2.19. The number of rotatable bonds is 4. The van der Waals surface area contributed by atoms with Crippen molar-refractivity contribution in [1.29, 1.82) is 0 Å². The van der Waals surface area contributed by atoms with Crippen LogP contribution in [-0.2, 0) is 0 Å². The quantitative estimate of drug-likeness (QED) is 0.695. The Labute approximate surface area is 116 Å². The van der Waals surface area contributed by atoms with Crippen molar-refractivity contribution >= 4 is 5.78 Å². The molecule has 0 aliphatic carbocycles. The molecular weight excluding hydrogens is 232 g/mol. The maximum atomic E-state index is 12.4. The van der Waals surface area contributed by atoms with E-state index in [1.165, 1.54) is 0 Å². The molecule has 2 aromatic carbocycles. The molecule has 0 radical (unpaired) electrons. The van der Waals surface area contributed by atoms with Crippen LogP contribution in [0, 0.1) is 0 Å². The fourth-order valence-corrected chi connectivity index (χ4v) is 2.06. The topological polar surface area (TPSA) is 17.1 Å². The van der Waals surface area contributed by atoms with Crippen LogP contribution in [0.4, 0.5) is 0 Å². The van der Waals surface area contributed by atoms with Crippen LogP contribution in [0.5, 0.6) is 0 Å². The molecular formula is C18H22O. The molecule has 0 spiro atoms. The summed E-state index contributed by atoms with van der Waals surface area (Å²) in [6, 6.07) is 19.5. The number of carbonyl (C=O) groups is 1. The minimum atomic E-state index is -0.0291. The predicted octanol–water partition coefficient (Wildman–Crippen LogP) is 5.09. The summed E-state index contributed by atoms with van der Waals surface area (Å²) < 4.78 is 0. The van der Waals surface area contributed by atoms with Gasteiger partial charge in [0.15, 0.2) is 5.78 Å². The molecule has 19 heavy (non-hydrogen) atoms. The third-order valence-corrected chi connectivity index (χ3v) is 2.98. The van der Waals surface area contributed by atoms with Gasteiger partial charge in [-0.1, -0.05) is 81.4 Å². The first kappa shape index (κ1) is 15.2. The molecule has 2 aromatic rings. The van der Waals surface area contributed by atoms with E-state index in [1.807, 2.05) is 74.5 Å². The normalized spacial score (nSPS) is 11.1. The first-order valence-corrected chi connectivity index (χ1v) is 6.97. The Morgan fingerprint density at radius 1 is 0.895 bits per heavy atom. The van der Waals surface area contributed by atoms with E-state index in [9.17, 15) is 4.79 Å². The smallest absolute Gasteiger partial charge is 0.170 e. The van der Waals surface area contributed by atoms with E-state index >= 15 is 0 Å². The third-order valence-electron chi connectivity index (χ3n) is 2.98. The average Bonchev–Trinajstić information content (AvgIpc) is 2.52. The van der Waals surface area contributed by atoms with Crippen LogP contribution >= 0.6 is 0 Å². The van der Waals surface area contributed by atoms with Crippen LogP contribution < -0.4 is 0 Å². The van der Waals surface area contributed by atoms with E-state index in [4.69, 9.17) is 0 Å². The summed E-state index contributed by atoms with van der Waals surface area (Å²) in [4.78, 5) is 12.4. The highest BCUT2D eigenvalue weighted by molar-refractivity contribution is 6.00. The van der Waals surface area contributed by atoms with Crippen LogP contribution in [-0.4, -0.2) is 5.78 Å². The molecule has 2 rings (SSSR count). The highest BCUT2D eigenvalue weighted by atomic mass is 16.1. The standard InChI is InChI=1S/C16H16O.C2H6/c1-2-15(13-9-5-3-6-10-13)16(17)14-11-7-4-8-12-14;1-2/h3-12,15H,2H2,1H3;1-2H3. The summed E-state index contributed by atoms with van der Waals surface area (Å²) in [5.74, 6) is 0.179. The van der Waals surface area contributed by atoms with Crippen LogP contribution in [0.2, 0.25) is 0 Å². The average molecular weight is 254 g/mol. The maximum absolute atomic E-state index is 12.4. The van der Waals surface area contributed by atoms with Gasteiger partial charge in [-0.05, 0) is 12.0 Å². The first-order chi connectivity index (χ1) is 9.33. The van der Waals surface area contributed by atoms with E-state index in [-0.39, 0.29) is 11.7 Å². The zero-order valence-corrected chi connectivity index (χ0v) is 12.0. The molecule has 0 fully saturated rings. The number of carbonyl (C=O) groups excluding carboxylic acids is 1. The van der Waals surface area contributed by atoms with Gasteiger partial charge in [0.2, 0.25) is 0 Å². The number of hydrogen-bond acceptors (Lipinski definition) is 1. The lowest BCUT2D eigenvalue weighted by Gasteiger charge is -2.14. The molecule has 1 atom stereocenters. The fourth-order valence-electron chi connectivity index (χ4n) is 2.06. The second-order valence-corrected chi connectivity index (χ2v) is 4.10. The molecule has 0 aromatic heterocycles. The van der Waals surface area contributed by atoms with Gasteiger partial charge in [-0.25, -0.2) is 0 Å². The van der Waals surface area contributed by atoms with Crippen molar-refractivity contribution in [3.05, 3.63) is 71.8 Å². The molecule has 0 aliphatic heterocycles. The zero-order valence-electron chi connectivity index (χ0n) is 12.0. The summed E-state index contributed by atoms with van der Waals surface area (Å²) in [5.41, 5.74) is 1.90. The third kappa shape index (κ3) is 4.06. The van der Waals surface area contributed by atoms with Crippen molar-refractivity contribution in [3.63, 3.8) is 0 Å². The van der Waals surface area contributed by atoms with Crippen LogP contribution in [0.3, 0.4) is 0 Å². The number of ketones is 1. The molecule has 0 amide bonds. The predicted molar refractivity (Wildman–Crippen MR) is 81.6 cm³/mol. The molecule has 100 valence electrons. The molecule has 0 aliphatic rings. The monoisotopic (exact) mass is 254 g/mol. The second-order valence-electron chi connectivity index (χ2n) is 4.10. The number of benzene rings is 2. The van der Waals surface area contributed by atoms with E-state index in [0.717, 1.165) is 17.5 Å². The summed E-state index contributed by atoms with van der Waals surface area (Å²) >= 11 is 0. The zero-order chi connectivity index (χ0) is 14.1. The summed E-state index contributed by atoms with van der Waals surface area (Å²) in [5, 5.41) is 0. The van der Waals surface area contributed by atoms with Gasteiger partial charge in [0.05, 0.1) is 0 Å². The molecule has 1 nitrogen and oxygen atoms in total. The number of Topliss-reactive ketones (excluding diaryl/α,β-unsaturated/α-hetero) is 1. The Kier molecular flexibility index (Phi) is 6.59. The highest BCUT2D eigenvalue weighted by Crippen LogP contribution is 2.23. The van der Waals surface area contributed by atoms with E-state index in [1.54, 1.807) is 0 Å². The van der Waals surface area contributed by atoms with Gasteiger partial charge in [0, 0.05) is 11.5 Å². The van der Waals surface area contributed by atoms with Crippen molar-refractivity contribution < 1.29 is 4.79 Å². The molecule has 0 heterocycles. The van der Waals surface area contributed by atoms with Crippen molar-refractivity contribution in [3.8, 4) is 0 Å². The van der Waals surface area contributed by atoms with E-state index < -0.39 is 0 Å². The van der Waals surface area contributed by atoms with Crippen molar-refractivity contribution in [1.82, 2.24) is 0 Å². The van der Waals surface area contributed by atoms with Crippen LogP contribution in [0.15, 0.2) is 60.7 Å². The summed E-state index contributed by atoms with van der Waals surface area (Å²) in [6.07, 6.45) is 0.831. The van der Waals surface area contributed by atoms with Gasteiger partial charge in [-0.15, -0.1) is 0 Å². The lowest BCUT2D eigenvalue weighted by atomic mass is 9.89. The van der Waals surface area contributed by atoms with Crippen molar-refractivity contribution in [2.75, 3.05) is 0 Å². The van der Waals surface area contributed by atoms with Gasteiger partial charge in [0.1, 0.15) is 0 Å². The Hall–Kier alpha value is -1.89. The molecule has 1 unspecified atom stereocenters. The van der Waals surface area contributed by atoms with E-state index in [2.05, 4.69) is 6.92 Å². The Balaban J connectivity index is 0.000000861. The molecule has 1 heteroatoms. The molecule has 0 saturated carbocycles. The van der Waals surface area contributed by atoms with Crippen LogP contribution in [0.25, 0.3) is 0 Å². The Morgan fingerprint density at radius 3 is 1.84 bits per heavy atom. The summed E-state index contributed by atoms with van der Waals surface area (Å²) in [7, 11) is 0. The minimum absolute atomic E-state index is 0.0291. The largest absolute Gasteiger partial charge is 0.293 e. The van der Waals surface area contributed by atoms with Crippen molar-refractivity contribution in [2.45, 2.75) is 33.1 Å². The van der Waals surface area contributed by atoms with Gasteiger partial charge in [-0.3, -0.25) is 4.79 Å². The van der Waals surface area contributed by atoms with Gasteiger partial charge in [0.25, 0.3) is 0 Å². The second kappa shape index (κ2) is 8.25. The lowest BCUT2D eigenvalue weighted by Crippen LogP contribution is -2.11. The molecule has 0 bridgehead atoms. The first-order valence-electron chi connectivity index (χ1n) is 6.97. The van der Waals surface area contributed by atoms with Gasteiger partial charge < -0.3 is 0 Å². The van der Waals surface area contributed by atoms with Crippen molar-refractivity contribution in [2.24, 2.45) is 0 Å². The maximum Gasteiger partial charge on any atom is 0.170 e. The fraction of sp³-hybridized carbons (Fsp3) is 0.278. The van der Waals surface area contributed by atoms with E-state index in [0.29, 0.717) is 0 Å². The SMILES string of the molecule is CC.CCC(C(=O)c1ccccc1)c1ccccc1. The minimum Gasteiger partial charge on any atom is -0.293 e. The van der Waals surface area contributed by atoms with Gasteiger partial charge in [-0.2, -0.15) is 0 Å².